The fourth-order valence-electron chi connectivity index (χ4n) is 2.12. The fourth-order valence-corrected chi connectivity index (χ4v) is 3.09. The van der Waals surface area contributed by atoms with E-state index in [1.165, 1.54) is 18.4 Å². The molecule has 1 unspecified atom stereocenters. The number of nitrogens with one attached hydrogen (secondary N) is 2. The number of ether oxygens (including phenoxy) is 1. The van der Waals surface area contributed by atoms with Crippen molar-refractivity contribution in [3.8, 4) is 0 Å². The summed E-state index contributed by atoms with van der Waals surface area (Å²) in [7, 11) is 1.30. The average molecular weight is 368 g/mol. The van der Waals surface area contributed by atoms with Crippen LogP contribution in [0, 0.1) is 18.3 Å². The second-order valence-electron chi connectivity index (χ2n) is 7.51. The van der Waals surface area contributed by atoms with Crippen molar-refractivity contribution in [2.24, 2.45) is 11.3 Å². The summed E-state index contributed by atoms with van der Waals surface area (Å²) < 4.78 is 4.77. The summed E-state index contributed by atoms with van der Waals surface area (Å²) in [6, 6.07) is 1.07. The van der Waals surface area contributed by atoms with E-state index in [4.69, 9.17) is 4.74 Å². The van der Waals surface area contributed by atoms with Gasteiger partial charge in [0.1, 0.15) is 6.04 Å². The van der Waals surface area contributed by atoms with Crippen molar-refractivity contribution in [1.29, 1.82) is 0 Å². The van der Waals surface area contributed by atoms with Crippen LogP contribution in [-0.4, -0.2) is 30.9 Å². The van der Waals surface area contributed by atoms with Gasteiger partial charge in [-0.3, -0.25) is 9.59 Å². The van der Waals surface area contributed by atoms with E-state index in [9.17, 15) is 14.4 Å². The Labute approximate surface area is 153 Å². The highest BCUT2D eigenvalue weighted by Gasteiger charge is 2.26. The van der Waals surface area contributed by atoms with Crippen LogP contribution in [0.1, 0.15) is 56.3 Å². The molecule has 1 aromatic rings. The zero-order valence-corrected chi connectivity index (χ0v) is 16.8. The Morgan fingerprint density at radius 2 is 1.84 bits per heavy atom. The molecule has 1 atom stereocenters. The Morgan fingerprint density at radius 1 is 1.24 bits per heavy atom. The monoisotopic (exact) mass is 368 g/mol. The maximum Gasteiger partial charge on any atom is 0.328 e. The van der Waals surface area contributed by atoms with E-state index in [1.807, 2.05) is 34.6 Å². The summed E-state index contributed by atoms with van der Waals surface area (Å²) >= 11 is 1.20. The van der Waals surface area contributed by atoms with Gasteiger partial charge in [-0.1, -0.05) is 34.6 Å². The van der Waals surface area contributed by atoms with E-state index >= 15 is 0 Å². The molecule has 0 saturated heterocycles. The Balaban J connectivity index is 2.91. The molecule has 1 aromatic heterocycles. The Hall–Kier alpha value is -1.89. The van der Waals surface area contributed by atoms with E-state index in [0.717, 1.165) is 5.56 Å². The minimum absolute atomic E-state index is 0.118. The molecule has 7 heteroatoms. The van der Waals surface area contributed by atoms with Gasteiger partial charge in [0.05, 0.1) is 17.0 Å². The minimum Gasteiger partial charge on any atom is -0.467 e. The highest BCUT2D eigenvalue weighted by atomic mass is 32.1. The predicted octanol–water partition coefficient (Wildman–Crippen LogP) is 3.36. The molecule has 2 N–H and O–H groups in total. The molecule has 1 rings (SSSR count). The molecule has 0 saturated carbocycles. The highest BCUT2D eigenvalue weighted by molar-refractivity contribution is 7.18. The lowest BCUT2D eigenvalue weighted by Crippen LogP contribution is -2.42. The van der Waals surface area contributed by atoms with E-state index in [0.29, 0.717) is 16.3 Å². The van der Waals surface area contributed by atoms with Crippen LogP contribution in [0.25, 0.3) is 0 Å². The fraction of sp³-hybridized carbons (Fsp3) is 0.611. The standard InChI is InChI=1S/C18H28N2O4S/c1-10(2)8-12(16(22)24-7)19-15(21)14-11(3)9-13(25-14)20-17(23)18(4,5)6/h9-10,12H,8H2,1-7H3,(H,19,21)(H,20,23). The molecule has 0 bridgehead atoms. The third-order valence-electron chi connectivity index (χ3n) is 3.54. The third kappa shape index (κ3) is 6.16. The van der Waals surface area contributed by atoms with Crippen molar-refractivity contribution in [3.63, 3.8) is 0 Å². The number of anilines is 1. The van der Waals surface area contributed by atoms with Crippen molar-refractivity contribution in [3.05, 3.63) is 16.5 Å². The van der Waals surface area contributed by atoms with Gasteiger partial charge in [-0.05, 0) is 30.9 Å². The lowest BCUT2D eigenvalue weighted by molar-refractivity contribution is -0.143. The molecule has 0 aromatic carbocycles. The van der Waals surface area contributed by atoms with E-state index in [2.05, 4.69) is 10.6 Å². The predicted molar refractivity (Wildman–Crippen MR) is 99.9 cm³/mol. The summed E-state index contributed by atoms with van der Waals surface area (Å²) in [5.41, 5.74) is 0.230. The average Bonchev–Trinajstić information content (AvgIpc) is 2.84. The number of carbonyl (C=O) groups is 3. The van der Waals surface area contributed by atoms with E-state index in [1.54, 1.807) is 13.0 Å². The van der Waals surface area contributed by atoms with Gasteiger partial charge >= 0.3 is 5.97 Å². The van der Waals surface area contributed by atoms with Crippen LogP contribution in [0.15, 0.2) is 6.07 Å². The second kappa shape index (κ2) is 8.47. The third-order valence-corrected chi connectivity index (χ3v) is 4.69. The first-order valence-electron chi connectivity index (χ1n) is 8.26. The van der Waals surface area contributed by atoms with Crippen molar-refractivity contribution in [1.82, 2.24) is 5.32 Å². The van der Waals surface area contributed by atoms with E-state index in [-0.39, 0.29) is 17.7 Å². The summed E-state index contributed by atoms with van der Waals surface area (Å²) in [5, 5.41) is 6.17. The number of thiophene rings is 1. The highest BCUT2D eigenvalue weighted by Crippen LogP contribution is 2.28. The minimum atomic E-state index is -0.688. The zero-order valence-electron chi connectivity index (χ0n) is 16.0. The van der Waals surface area contributed by atoms with Gasteiger partial charge in [0, 0.05) is 5.41 Å². The first kappa shape index (κ1) is 21.2. The second-order valence-corrected chi connectivity index (χ2v) is 8.56. The molecule has 0 aliphatic carbocycles. The smallest absolute Gasteiger partial charge is 0.328 e. The number of carbonyl (C=O) groups excluding carboxylic acids is 3. The topological polar surface area (TPSA) is 84.5 Å². The molecule has 0 aliphatic heterocycles. The first-order valence-corrected chi connectivity index (χ1v) is 9.08. The summed E-state index contributed by atoms with van der Waals surface area (Å²) in [6.07, 6.45) is 0.496. The van der Waals surface area contributed by atoms with Crippen LogP contribution >= 0.6 is 11.3 Å². The number of rotatable bonds is 6. The van der Waals surface area contributed by atoms with Crippen LogP contribution in [0.2, 0.25) is 0 Å². The molecule has 0 spiro atoms. The Morgan fingerprint density at radius 3 is 2.32 bits per heavy atom. The van der Waals surface area contributed by atoms with Gasteiger partial charge in [0.2, 0.25) is 5.91 Å². The molecule has 0 fully saturated rings. The molecular formula is C18H28N2O4S. The van der Waals surface area contributed by atoms with Crippen LogP contribution in [0.4, 0.5) is 5.00 Å². The molecule has 140 valence electrons. The quantitative estimate of drug-likeness (QED) is 0.754. The molecule has 6 nitrogen and oxygen atoms in total. The summed E-state index contributed by atoms with van der Waals surface area (Å²) in [4.78, 5) is 37.0. The lowest BCUT2D eigenvalue weighted by atomic mass is 9.96. The number of esters is 1. The van der Waals surface area contributed by atoms with Gasteiger partial charge in [0.25, 0.3) is 5.91 Å². The van der Waals surface area contributed by atoms with Crippen molar-refractivity contribution in [2.45, 2.75) is 54.0 Å². The zero-order chi connectivity index (χ0) is 19.4. The Bertz CT molecular complexity index is 644. The van der Waals surface area contributed by atoms with E-state index < -0.39 is 17.4 Å². The molecule has 25 heavy (non-hydrogen) atoms. The van der Waals surface area contributed by atoms with Gasteiger partial charge in [0.15, 0.2) is 0 Å². The molecule has 2 amide bonds. The van der Waals surface area contributed by atoms with Gasteiger partial charge in [-0.2, -0.15) is 0 Å². The maximum absolute atomic E-state index is 12.6. The van der Waals surface area contributed by atoms with Crippen molar-refractivity contribution < 1.29 is 19.1 Å². The number of amides is 2. The molecule has 0 radical (unpaired) electrons. The van der Waals surface area contributed by atoms with Crippen LogP contribution in [-0.2, 0) is 14.3 Å². The van der Waals surface area contributed by atoms with Gasteiger partial charge in [-0.25, -0.2) is 4.79 Å². The van der Waals surface area contributed by atoms with Crippen molar-refractivity contribution in [2.75, 3.05) is 12.4 Å². The normalized spacial score (nSPS) is 12.6. The largest absolute Gasteiger partial charge is 0.467 e. The number of hydrogen-bond donors (Lipinski definition) is 2. The first-order chi connectivity index (χ1) is 11.5. The number of methoxy groups -OCH3 is 1. The van der Waals surface area contributed by atoms with Gasteiger partial charge in [-0.15, -0.1) is 11.3 Å². The van der Waals surface area contributed by atoms with Crippen LogP contribution in [0.3, 0.4) is 0 Å². The number of hydrogen-bond acceptors (Lipinski definition) is 5. The molecular weight excluding hydrogens is 340 g/mol. The Kier molecular flexibility index (Phi) is 7.17. The molecule has 0 aliphatic rings. The van der Waals surface area contributed by atoms with Crippen LogP contribution in [0.5, 0.6) is 0 Å². The SMILES string of the molecule is COC(=O)C(CC(C)C)NC(=O)c1sc(NC(=O)C(C)(C)C)cc1C. The van der Waals surface area contributed by atoms with Gasteiger partial charge < -0.3 is 15.4 Å². The lowest BCUT2D eigenvalue weighted by Gasteiger charge is -2.18. The van der Waals surface area contributed by atoms with Crippen LogP contribution < -0.4 is 10.6 Å². The van der Waals surface area contributed by atoms with Crippen molar-refractivity contribution >= 4 is 34.1 Å². The number of aryl methyl sites for hydroxylation is 1. The summed E-state index contributed by atoms with van der Waals surface area (Å²) in [5.74, 6) is -0.684. The molecule has 1 heterocycles. The summed E-state index contributed by atoms with van der Waals surface area (Å²) in [6.45, 7) is 11.2. The maximum atomic E-state index is 12.6.